The van der Waals surface area contributed by atoms with Crippen molar-refractivity contribution in [1.29, 1.82) is 0 Å². The van der Waals surface area contributed by atoms with E-state index in [2.05, 4.69) is 43.0 Å². The first kappa shape index (κ1) is 28.4. The molecule has 0 aromatic rings. The number of hydrogen-bond acceptors (Lipinski definition) is 2. The first-order valence-electron chi connectivity index (χ1n) is 14.5. The Balaban J connectivity index is 2.09. The van der Waals surface area contributed by atoms with E-state index in [1.807, 2.05) is 0 Å². The van der Waals surface area contributed by atoms with E-state index in [1.54, 1.807) is 0 Å². The summed E-state index contributed by atoms with van der Waals surface area (Å²) < 4.78 is 0. The molecule has 1 heterocycles. The molecular weight excluding hydrogens is 376 g/mol. The lowest BCUT2D eigenvalue weighted by molar-refractivity contribution is 0.137. The van der Waals surface area contributed by atoms with Crippen LogP contribution in [0, 0.1) is 0 Å². The minimum absolute atomic E-state index is 0.642. The van der Waals surface area contributed by atoms with E-state index in [4.69, 9.17) is 0 Å². The van der Waals surface area contributed by atoms with Crippen molar-refractivity contribution in [3.63, 3.8) is 0 Å². The van der Waals surface area contributed by atoms with Crippen LogP contribution in [0.1, 0.15) is 156 Å². The molecule has 0 radical (unpaired) electrons. The van der Waals surface area contributed by atoms with Gasteiger partial charge in [0.1, 0.15) is 6.17 Å². The van der Waals surface area contributed by atoms with Crippen LogP contribution in [0.3, 0.4) is 0 Å². The van der Waals surface area contributed by atoms with Gasteiger partial charge in [0.05, 0.1) is 0 Å². The van der Waals surface area contributed by atoms with Crippen molar-refractivity contribution in [3.8, 4) is 0 Å². The van der Waals surface area contributed by atoms with Crippen LogP contribution in [0.2, 0.25) is 0 Å². The summed E-state index contributed by atoms with van der Waals surface area (Å²) in [5.74, 6) is 0. The average Bonchev–Trinajstić information content (AvgIpc) is 3.15. The van der Waals surface area contributed by atoms with Crippen molar-refractivity contribution < 1.29 is 0 Å². The molecule has 0 saturated carbocycles. The van der Waals surface area contributed by atoms with Crippen LogP contribution in [-0.4, -0.2) is 29.1 Å². The maximum absolute atomic E-state index is 2.66. The van der Waals surface area contributed by atoms with Crippen molar-refractivity contribution in [3.05, 3.63) is 12.4 Å². The third kappa shape index (κ3) is 14.9. The molecule has 0 bridgehead atoms. The smallest absolute Gasteiger partial charge is 0.101 e. The largest absolute Gasteiger partial charge is 0.356 e. The van der Waals surface area contributed by atoms with Crippen molar-refractivity contribution in [2.75, 3.05) is 13.1 Å². The summed E-state index contributed by atoms with van der Waals surface area (Å²) in [4.78, 5) is 5.27. The molecule has 184 valence electrons. The zero-order chi connectivity index (χ0) is 22.4. The first-order valence-corrected chi connectivity index (χ1v) is 14.5. The van der Waals surface area contributed by atoms with Crippen LogP contribution >= 0.6 is 0 Å². The Morgan fingerprint density at radius 2 is 0.806 bits per heavy atom. The van der Waals surface area contributed by atoms with E-state index in [0.717, 1.165) is 0 Å². The normalized spacial score (nSPS) is 16.0. The predicted octanol–water partition coefficient (Wildman–Crippen LogP) is 9.65. The molecule has 0 aromatic heterocycles. The second-order valence-electron chi connectivity index (χ2n) is 10.1. The monoisotopic (exact) mass is 434 g/mol. The summed E-state index contributed by atoms with van der Waals surface area (Å²) >= 11 is 0. The van der Waals surface area contributed by atoms with Gasteiger partial charge >= 0.3 is 0 Å². The molecule has 0 amide bonds. The van der Waals surface area contributed by atoms with E-state index >= 15 is 0 Å². The summed E-state index contributed by atoms with van der Waals surface area (Å²) in [6.07, 6.45) is 35.2. The zero-order valence-corrected chi connectivity index (χ0v) is 21.9. The van der Waals surface area contributed by atoms with Crippen LogP contribution < -0.4 is 0 Å². The summed E-state index contributed by atoms with van der Waals surface area (Å²) in [6, 6.07) is 0. The number of unbranched alkanes of at least 4 members (excludes halogenated alkanes) is 17. The summed E-state index contributed by atoms with van der Waals surface area (Å²) in [6.45, 7) is 9.40. The second-order valence-corrected chi connectivity index (χ2v) is 10.1. The minimum Gasteiger partial charge on any atom is -0.356 e. The van der Waals surface area contributed by atoms with Crippen LogP contribution in [-0.2, 0) is 0 Å². The highest BCUT2D eigenvalue weighted by Crippen LogP contribution is 2.23. The van der Waals surface area contributed by atoms with Gasteiger partial charge in [-0.2, -0.15) is 0 Å². The van der Waals surface area contributed by atoms with Crippen LogP contribution in [0.5, 0.6) is 0 Å². The number of nitrogens with zero attached hydrogens (tertiary/aromatic N) is 2. The lowest BCUT2D eigenvalue weighted by Gasteiger charge is -2.33. The van der Waals surface area contributed by atoms with Crippen molar-refractivity contribution in [1.82, 2.24) is 9.80 Å². The SMILES string of the molecule is CCCCCCCCCCCCCN1C=CN(CCC)C1CCCCCCCCCC. The molecule has 2 nitrogen and oxygen atoms in total. The molecule has 0 fully saturated rings. The molecule has 31 heavy (non-hydrogen) atoms. The van der Waals surface area contributed by atoms with Gasteiger partial charge in [-0.05, 0) is 25.7 Å². The maximum atomic E-state index is 2.66. The highest BCUT2D eigenvalue weighted by atomic mass is 15.4. The highest BCUT2D eigenvalue weighted by molar-refractivity contribution is 4.96. The van der Waals surface area contributed by atoms with Crippen molar-refractivity contribution >= 4 is 0 Å². The topological polar surface area (TPSA) is 6.48 Å². The third-order valence-corrected chi connectivity index (χ3v) is 7.03. The Hall–Kier alpha value is -0.660. The fourth-order valence-corrected chi connectivity index (χ4v) is 5.02. The fourth-order valence-electron chi connectivity index (χ4n) is 5.02. The van der Waals surface area contributed by atoms with E-state index < -0.39 is 0 Å². The Morgan fingerprint density at radius 1 is 0.419 bits per heavy atom. The third-order valence-electron chi connectivity index (χ3n) is 7.03. The highest BCUT2D eigenvalue weighted by Gasteiger charge is 2.24. The second kappa shape index (κ2) is 21.2. The van der Waals surface area contributed by atoms with Gasteiger partial charge in [0, 0.05) is 25.5 Å². The molecule has 1 aliphatic heterocycles. The fraction of sp³-hybridized carbons (Fsp3) is 0.931. The van der Waals surface area contributed by atoms with Gasteiger partial charge < -0.3 is 9.80 Å². The van der Waals surface area contributed by atoms with Crippen LogP contribution in [0.25, 0.3) is 0 Å². The standard InChI is InChI=1S/C29H58N2/c1-4-7-9-11-13-15-16-17-19-21-23-26-31-28-27-30(25-6-3)29(31)24-22-20-18-14-12-10-8-5-2/h27-29H,4-26H2,1-3H3. The maximum Gasteiger partial charge on any atom is 0.101 e. The van der Waals surface area contributed by atoms with E-state index in [1.165, 1.54) is 148 Å². The summed E-state index contributed by atoms with van der Waals surface area (Å²) in [7, 11) is 0. The van der Waals surface area contributed by atoms with Gasteiger partial charge in [0.25, 0.3) is 0 Å². The molecule has 1 unspecified atom stereocenters. The Kier molecular flexibility index (Phi) is 19.4. The van der Waals surface area contributed by atoms with Gasteiger partial charge in [-0.15, -0.1) is 0 Å². The Morgan fingerprint density at radius 3 is 1.26 bits per heavy atom. The molecule has 0 saturated heterocycles. The predicted molar refractivity (Wildman–Crippen MR) is 140 cm³/mol. The van der Waals surface area contributed by atoms with E-state index in [9.17, 15) is 0 Å². The summed E-state index contributed by atoms with van der Waals surface area (Å²) in [5, 5.41) is 0. The molecule has 1 rings (SSSR count). The van der Waals surface area contributed by atoms with Gasteiger partial charge in [-0.3, -0.25) is 0 Å². The van der Waals surface area contributed by atoms with Crippen LogP contribution in [0.15, 0.2) is 12.4 Å². The number of rotatable bonds is 23. The van der Waals surface area contributed by atoms with Crippen molar-refractivity contribution in [2.24, 2.45) is 0 Å². The zero-order valence-electron chi connectivity index (χ0n) is 21.9. The Labute approximate surface area is 197 Å². The van der Waals surface area contributed by atoms with Gasteiger partial charge in [-0.25, -0.2) is 0 Å². The molecular formula is C29H58N2. The van der Waals surface area contributed by atoms with Crippen LogP contribution in [0.4, 0.5) is 0 Å². The van der Waals surface area contributed by atoms with E-state index in [-0.39, 0.29) is 0 Å². The average molecular weight is 435 g/mol. The Bertz CT molecular complexity index is 392. The lowest BCUT2D eigenvalue weighted by atomic mass is 10.1. The van der Waals surface area contributed by atoms with Gasteiger partial charge in [-0.1, -0.05) is 130 Å². The molecule has 1 atom stereocenters. The quantitative estimate of drug-likeness (QED) is 0.148. The van der Waals surface area contributed by atoms with E-state index in [0.29, 0.717) is 6.17 Å². The molecule has 0 aromatic carbocycles. The lowest BCUT2D eigenvalue weighted by Crippen LogP contribution is -2.39. The molecule has 2 heteroatoms. The molecule has 1 aliphatic rings. The van der Waals surface area contributed by atoms with Gasteiger partial charge in [0.2, 0.25) is 0 Å². The summed E-state index contributed by atoms with van der Waals surface area (Å²) in [5.41, 5.74) is 0. The first-order chi connectivity index (χ1) is 15.3. The molecule has 0 N–H and O–H groups in total. The van der Waals surface area contributed by atoms with Gasteiger partial charge in [0.15, 0.2) is 0 Å². The molecule has 0 spiro atoms. The van der Waals surface area contributed by atoms with Crippen molar-refractivity contribution in [2.45, 2.75) is 162 Å². The minimum atomic E-state index is 0.642. The number of hydrogen-bond donors (Lipinski definition) is 0. The molecule has 0 aliphatic carbocycles.